The van der Waals surface area contributed by atoms with Crippen molar-refractivity contribution >= 4 is 17.7 Å². The molecular formula is C9H9N5O4. The van der Waals surface area contributed by atoms with E-state index in [0.29, 0.717) is 5.76 Å². The Balaban J connectivity index is 2.03. The average Bonchev–Trinajstić information content (AvgIpc) is 2.87. The zero-order valence-corrected chi connectivity index (χ0v) is 9.32. The van der Waals surface area contributed by atoms with Gasteiger partial charge in [-0.3, -0.25) is 9.59 Å². The number of nitrogens with one attached hydrogen (secondary N) is 1. The molecule has 2 rings (SSSR count). The van der Waals surface area contributed by atoms with Crippen molar-refractivity contribution < 1.29 is 19.2 Å². The van der Waals surface area contributed by atoms with Crippen LogP contribution in [0.2, 0.25) is 0 Å². The molecule has 9 heteroatoms. The summed E-state index contributed by atoms with van der Waals surface area (Å²) in [5, 5.41) is 21.9. The second kappa shape index (κ2) is 4.65. The normalized spacial score (nSPS) is 10.3. The van der Waals surface area contributed by atoms with Crippen LogP contribution < -0.4 is 5.32 Å². The molecule has 9 nitrogen and oxygen atoms in total. The van der Waals surface area contributed by atoms with Crippen molar-refractivity contribution in [3.8, 4) is 0 Å². The number of nitrogens with zero attached hydrogens (tertiary/aromatic N) is 4. The lowest BCUT2D eigenvalue weighted by atomic mass is 10.3. The summed E-state index contributed by atoms with van der Waals surface area (Å²) in [6.45, 7) is 1.28. The van der Waals surface area contributed by atoms with Crippen LogP contribution in [-0.4, -0.2) is 37.1 Å². The highest BCUT2D eigenvalue weighted by Gasteiger charge is 2.13. The molecule has 0 radical (unpaired) electrons. The number of aliphatic carboxylic acids is 1. The number of rotatable bonds is 4. The smallest absolute Gasteiger partial charge is 0.327 e. The molecule has 0 aliphatic rings. The highest BCUT2D eigenvalue weighted by Crippen LogP contribution is 2.05. The van der Waals surface area contributed by atoms with Crippen molar-refractivity contribution in [3.05, 3.63) is 23.7 Å². The van der Waals surface area contributed by atoms with Gasteiger partial charge < -0.3 is 14.9 Å². The van der Waals surface area contributed by atoms with Crippen molar-refractivity contribution in [2.45, 2.75) is 13.5 Å². The zero-order valence-electron chi connectivity index (χ0n) is 9.32. The summed E-state index contributed by atoms with van der Waals surface area (Å²) in [7, 11) is 0. The van der Waals surface area contributed by atoms with Crippen molar-refractivity contribution in [1.82, 2.24) is 20.2 Å². The van der Waals surface area contributed by atoms with Crippen LogP contribution in [0, 0.1) is 6.92 Å². The molecule has 2 aromatic heterocycles. The summed E-state index contributed by atoms with van der Waals surface area (Å²) in [5.74, 6) is -0.929. The van der Waals surface area contributed by atoms with Gasteiger partial charge in [-0.15, -0.1) is 5.10 Å². The fourth-order valence-corrected chi connectivity index (χ4v) is 1.21. The fraction of sp³-hybridized carbons (Fsp3) is 0.222. The van der Waals surface area contributed by atoms with E-state index in [1.165, 1.54) is 12.3 Å². The lowest BCUT2D eigenvalue weighted by molar-refractivity contribution is -0.138. The second-order valence-corrected chi connectivity index (χ2v) is 3.43. The number of anilines is 1. The summed E-state index contributed by atoms with van der Waals surface area (Å²) >= 11 is 0. The molecule has 0 saturated heterocycles. The Morgan fingerprint density at radius 3 is 2.94 bits per heavy atom. The lowest BCUT2D eigenvalue weighted by Crippen LogP contribution is -2.14. The van der Waals surface area contributed by atoms with Crippen LogP contribution in [0.15, 0.2) is 16.8 Å². The number of aromatic nitrogens is 4. The highest BCUT2D eigenvalue weighted by molar-refractivity contribution is 6.02. The van der Waals surface area contributed by atoms with Gasteiger partial charge in [0, 0.05) is 6.07 Å². The van der Waals surface area contributed by atoms with E-state index in [1.807, 2.05) is 0 Å². The Morgan fingerprint density at radius 1 is 1.56 bits per heavy atom. The fourth-order valence-electron chi connectivity index (χ4n) is 1.21. The standard InChI is InChI=1S/C9H9N5O4/c1-5-2-6(13-18-5)9(17)11-7-3-10-14(12-7)4-8(15)16/h2-3H,4H2,1H3,(H,15,16)(H,11,12,17). The molecule has 2 N–H and O–H groups in total. The minimum atomic E-state index is -1.07. The maximum atomic E-state index is 11.6. The lowest BCUT2D eigenvalue weighted by Gasteiger charge is -1.96. The predicted octanol–water partition coefficient (Wildman–Crippen LogP) is -0.0886. The van der Waals surface area contributed by atoms with E-state index in [-0.39, 0.29) is 18.1 Å². The van der Waals surface area contributed by atoms with Gasteiger partial charge in [-0.25, -0.2) is 0 Å². The van der Waals surface area contributed by atoms with Crippen LogP contribution in [0.1, 0.15) is 16.2 Å². The van der Waals surface area contributed by atoms with Crippen LogP contribution >= 0.6 is 0 Å². The van der Waals surface area contributed by atoms with E-state index < -0.39 is 11.9 Å². The van der Waals surface area contributed by atoms with Crippen LogP contribution in [0.3, 0.4) is 0 Å². The molecule has 0 bridgehead atoms. The number of hydrogen-bond donors (Lipinski definition) is 2. The summed E-state index contributed by atoms with van der Waals surface area (Å²) < 4.78 is 4.75. The molecule has 0 spiro atoms. The van der Waals surface area contributed by atoms with Crippen LogP contribution in [-0.2, 0) is 11.3 Å². The van der Waals surface area contributed by atoms with Gasteiger partial charge in [0.15, 0.2) is 18.1 Å². The van der Waals surface area contributed by atoms with E-state index in [9.17, 15) is 9.59 Å². The molecule has 0 aromatic carbocycles. The number of carboxylic acid groups (broad SMARTS) is 1. The Kier molecular flexibility index (Phi) is 3.04. The maximum Gasteiger partial charge on any atom is 0.327 e. The van der Waals surface area contributed by atoms with Gasteiger partial charge in [-0.2, -0.15) is 9.90 Å². The molecule has 1 amide bonds. The summed E-state index contributed by atoms with van der Waals surface area (Å²) in [4.78, 5) is 23.0. The number of hydrogen-bond acceptors (Lipinski definition) is 6. The highest BCUT2D eigenvalue weighted by atomic mass is 16.5. The maximum absolute atomic E-state index is 11.6. The van der Waals surface area contributed by atoms with Crippen molar-refractivity contribution in [3.63, 3.8) is 0 Å². The van der Waals surface area contributed by atoms with E-state index >= 15 is 0 Å². The molecule has 94 valence electrons. The molecule has 0 unspecified atom stereocenters. The Morgan fingerprint density at radius 2 is 2.33 bits per heavy atom. The van der Waals surface area contributed by atoms with E-state index in [0.717, 1.165) is 4.80 Å². The van der Waals surface area contributed by atoms with Crippen LogP contribution in [0.4, 0.5) is 5.82 Å². The third-order valence-corrected chi connectivity index (χ3v) is 1.92. The number of amides is 1. The van der Waals surface area contributed by atoms with E-state index in [4.69, 9.17) is 9.63 Å². The number of carboxylic acids is 1. The molecule has 0 atom stereocenters. The second-order valence-electron chi connectivity index (χ2n) is 3.43. The van der Waals surface area contributed by atoms with E-state index in [1.54, 1.807) is 6.92 Å². The molecule has 0 saturated carbocycles. The first-order valence-corrected chi connectivity index (χ1v) is 4.91. The molecule has 2 aromatic rings. The molecule has 0 fully saturated rings. The molecule has 18 heavy (non-hydrogen) atoms. The molecule has 0 aliphatic carbocycles. The largest absolute Gasteiger partial charge is 0.480 e. The van der Waals surface area contributed by atoms with Gasteiger partial charge >= 0.3 is 5.97 Å². The molecular weight excluding hydrogens is 242 g/mol. The number of aryl methyl sites for hydroxylation is 1. The third kappa shape index (κ3) is 2.70. The van der Waals surface area contributed by atoms with Gasteiger partial charge in [0.2, 0.25) is 0 Å². The SMILES string of the molecule is Cc1cc(C(=O)Nc2cnn(CC(=O)O)n2)no1. The predicted molar refractivity (Wildman–Crippen MR) is 56.9 cm³/mol. The quantitative estimate of drug-likeness (QED) is 0.778. The van der Waals surface area contributed by atoms with Gasteiger partial charge in [0.1, 0.15) is 5.76 Å². The average molecular weight is 251 g/mol. The minimum Gasteiger partial charge on any atom is -0.480 e. The molecule has 0 aliphatic heterocycles. The van der Waals surface area contributed by atoms with Crippen molar-refractivity contribution in [2.75, 3.05) is 5.32 Å². The first-order chi connectivity index (χ1) is 8.54. The van der Waals surface area contributed by atoms with Gasteiger partial charge in [0.05, 0.1) is 6.20 Å². The summed E-state index contributed by atoms with van der Waals surface area (Å²) in [6, 6.07) is 1.47. The first kappa shape index (κ1) is 11.8. The van der Waals surface area contributed by atoms with Gasteiger partial charge in [-0.05, 0) is 6.92 Å². The number of carbonyl (C=O) groups is 2. The Bertz CT molecular complexity index is 587. The van der Waals surface area contributed by atoms with Gasteiger partial charge in [0.25, 0.3) is 5.91 Å². The van der Waals surface area contributed by atoms with E-state index in [2.05, 4.69) is 20.7 Å². The monoisotopic (exact) mass is 251 g/mol. The Labute approximate surface area is 100 Å². The molecule has 2 heterocycles. The zero-order chi connectivity index (χ0) is 13.1. The summed E-state index contributed by atoms with van der Waals surface area (Å²) in [5.41, 5.74) is 0.111. The van der Waals surface area contributed by atoms with Crippen molar-refractivity contribution in [1.29, 1.82) is 0 Å². The summed E-state index contributed by atoms with van der Waals surface area (Å²) in [6.07, 6.45) is 1.24. The van der Waals surface area contributed by atoms with Crippen LogP contribution in [0.5, 0.6) is 0 Å². The van der Waals surface area contributed by atoms with Crippen LogP contribution in [0.25, 0.3) is 0 Å². The first-order valence-electron chi connectivity index (χ1n) is 4.91. The van der Waals surface area contributed by atoms with Gasteiger partial charge in [-0.1, -0.05) is 5.16 Å². The third-order valence-electron chi connectivity index (χ3n) is 1.92. The topological polar surface area (TPSA) is 123 Å². The minimum absolute atomic E-state index is 0.111. The Hall–Kier alpha value is -2.71. The number of carbonyl (C=O) groups excluding carboxylic acids is 1. The van der Waals surface area contributed by atoms with Crippen molar-refractivity contribution in [2.24, 2.45) is 0 Å².